The second-order valence-corrected chi connectivity index (χ2v) is 7.24. The summed E-state index contributed by atoms with van der Waals surface area (Å²) in [6.07, 6.45) is 5.45. The highest BCUT2D eigenvalue weighted by molar-refractivity contribution is 7.99. The van der Waals surface area contributed by atoms with E-state index in [1.165, 1.54) is 5.56 Å². The van der Waals surface area contributed by atoms with Crippen LogP contribution in [0.5, 0.6) is 0 Å². The van der Waals surface area contributed by atoms with Crippen LogP contribution < -0.4 is 0 Å². The Hall–Kier alpha value is -2.39. The third-order valence-electron chi connectivity index (χ3n) is 4.38. The van der Waals surface area contributed by atoms with Gasteiger partial charge in [0.2, 0.25) is 0 Å². The van der Waals surface area contributed by atoms with Gasteiger partial charge in [0.25, 0.3) is 0 Å². The van der Waals surface area contributed by atoms with Crippen LogP contribution >= 0.6 is 11.8 Å². The van der Waals surface area contributed by atoms with Gasteiger partial charge < -0.3 is 0 Å². The molecule has 4 rings (SSSR count). The van der Waals surface area contributed by atoms with Crippen LogP contribution in [0.2, 0.25) is 0 Å². The molecule has 0 spiro atoms. The number of rotatable bonds is 2. The fourth-order valence-corrected chi connectivity index (χ4v) is 3.97. The highest BCUT2D eigenvalue weighted by Gasteiger charge is 2.33. The van der Waals surface area contributed by atoms with Crippen LogP contribution in [0.3, 0.4) is 0 Å². The first-order valence-electron chi connectivity index (χ1n) is 8.02. The van der Waals surface area contributed by atoms with Crippen LogP contribution in [0.25, 0.3) is 0 Å². The Morgan fingerprint density at radius 2 is 1.33 bits per heavy atom. The summed E-state index contributed by atoms with van der Waals surface area (Å²) in [6, 6.07) is 13.8. The van der Waals surface area contributed by atoms with Gasteiger partial charge in [0, 0.05) is 32.1 Å². The molecule has 0 aliphatic heterocycles. The number of hydrogen-bond donors (Lipinski definition) is 0. The second-order valence-electron chi connectivity index (χ2n) is 6.09. The van der Waals surface area contributed by atoms with Crippen LogP contribution in [-0.4, -0.2) is 11.6 Å². The van der Waals surface area contributed by atoms with Crippen molar-refractivity contribution in [3.05, 3.63) is 82.5 Å². The SMILES string of the molecule is Cc1ccc(Sc2ccc3c(c2)C(=O)C2=CCCC=C2C3=O)cc1. The van der Waals surface area contributed by atoms with Crippen molar-refractivity contribution in [3.8, 4) is 0 Å². The molecule has 2 aliphatic carbocycles. The predicted molar refractivity (Wildman–Crippen MR) is 95.8 cm³/mol. The average Bonchev–Trinajstić information content (AvgIpc) is 2.62. The number of carbonyl (C=O) groups is 2. The minimum Gasteiger partial charge on any atom is -0.289 e. The maximum atomic E-state index is 12.8. The van der Waals surface area contributed by atoms with Gasteiger partial charge in [0.05, 0.1) is 0 Å². The molecule has 2 nitrogen and oxygen atoms in total. The van der Waals surface area contributed by atoms with Gasteiger partial charge in [-0.25, -0.2) is 0 Å². The molecule has 0 atom stereocenters. The largest absolute Gasteiger partial charge is 0.289 e. The van der Waals surface area contributed by atoms with Gasteiger partial charge in [0.15, 0.2) is 11.6 Å². The molecule has 0 heterocycles. The summed E-state index contributed by atoms with van der Waals surface area (Å²) in [4.78, 5) is 27.5. The van der Waals surface area contributed by atoms with E-state index < -0.39 is 0 Å². The summed E-state index contributed by atoms with van der Waals surface area (Å²) in [5, 5.41) is 0. The normalized spacial score (nSPS) is 16.2. The molecule has 2 aromatic carbocycles. The average molecular weight is 332 g/mol. The van der Waals surface area contributed by atoms with Crippen molar-refractivity contribution >= 4 is 23.3 Å². The standard InChI is InChI=1S/C21H16O2S/c1-13-6-8-14(9-7-13)24-15-10-11-18-19(12-15)21(23)17-5-3-2-4-16(17)20(18)22/h4-12H,2-3H2,1H3. The molecule has 0 saturated heterocycles. The molecule has 0 bridgehead atoms. The molecular formula is C21H16O2S. The van der Waals surface area contributed by atoms with Gasteiger partial charge >= 0.3 is 0 Å². The summed E-state index contributed by atoms with van der Waals surface area (Å²) in [5.74, 6) is -0.0515. The summed E-state index contributed by atoms with van der Waals surface area (Å²) >= 11 is 1.60. The smallest absolute Gasteiger partial charge is 0.194 e. The van der Waals surface area contributed by atoms with Crippen molar-refractivity contribution in [1.29, 1.82) is 0 Å². The quantitative estimate of drug-likeness (QED) is 0.760. The van der Waals surface area contributed by atoms with Crippen LogP contribution in [-0.2, 0) is 0 Å². The number of ketones is 2. The zero-order valence-corrected chi connectivity index (χ0v) is 14.2. The second kappa shape index (κ2) is 5.91. The van der Waals surface area contributed by atoms with E-state index in [-0.39, 0.29) is 11.6 Å². The lowest BCUT2D eigenvalue weighted by Gasteiger charge is -2.22. The van der Waals surface area contributed by atoms with Crippen LogP contribution in [0.15, 0.2) is 75.6 Å². The Balaban J connectivity index is 1.73. The Morgan fingerprint density at radius 3 is 2.00 bits per heavy atom. The summed E-state index contributed by atoms with van der Waals surface area (Å²) < 4.78 is 0. The highest BCUT2D eigenvalue weighted by atomic mass is 32.2. The number of benzene rings is 2. The third-order valence-corrected chi connectivity index (χ3v) is 5.38. The first kappa shape index (κ1) is 15.2. The maximum Gasteiger partial charge on any atom is 0.194 e. The molecule has 0 N–H and O–H groups in total. The van der Waals surface area contributed by atoms with Crippen LogP contribution in [0.1, 0.15) is 39.1 Å². The van der Waals surface area contributed by atoms with E-state index in [2.05, 4.69) is 31.2 Å². The molecule has 0 fully saturated rings. The monoisotopic (exact) mass is 332 g/mol. The van der Waals surface area contributed by atoms with E-state index in [0.29, 0.717) is 22.3 Å². The molecule has 2 aliphatic rings. The van der Waals surface area contributed by atoms with Crippen molar-refractivity contribution in [2.75, 3.05) is 0 Å². The fraction of sp³-hybridized carbons (Fsp3) is 0.143. The molecule has 0 saturated carbocycles. The maximum absolute atomic E-state index is 12.8. The van der Waals surface area contributed by atoms with Crippen molar-refractivity contribution in [3.63, 3.8) is 0 Å². The Kier molecular flexibility index (Phi) is 3.73. The number of carbonyl (C=O) groups excluding carboxylic acids is 2. The first-order chi connectivity index (χ1) is 11.6. The summed E-state index contributed by atoms with van der Waals surface area (Å²) in [6.45, 7) is 2.06. The van der Waals surface area contributed by atoms with E-state index in [0.717, 1.165) is 22.6 Å². The zero-order chi connectivity index (χ0) is 16.7. The van der Waals surface area contributed by atoms with Gasteiger partial charge in [-0.05, 0) is 50.1 Å². The number of aryl methyl sites for hydroxylation is 1. The molecule has 24 heavy (non-hydrogen) atoms. The van der Waals surface area contributed by atoms with E-state index in [1.54, 1.807) is 17.8 Å². The molecular weight excluding hydrogens is 316 g/mol. The summed E-state index contributed by atoms with van der Waals surface area (Å²) in [5.41, 5.74) is 3.43. The van der Waals surface area contributed by atoms with Crippen molar-refractivity contribution in [1.82, 2.24) is 0 Å². The predicted octanol–water partition coefficient (Wildman–Crippen LogP) is 5.17. The van der Waals surface area contributed by atoms with Crippen LogP contribution in [0.4, 0.5) is 0 Å². The van der Waals surface area contributed by atoms with Gasteiger partial charge in [-0.2, -0.15) is 0 Å². The number of hydrogen-bond acceptors (Lipinski definition) is 3. The van der Waals surface area contributed by atoms with Gasteiger partial charge in [0.1, 0.15) is 0 Å². The molecule has 0 aromatic heterocycles. The number of allylic oxidation sites excluding steroid dienone is 4. The summed E-state index contributed by atoms with van der Waals surface area (Å²) in [7, 11) is 0. The number of Topliss-reactive ketones (excluding diaryl/α,β-unsaturated/α-hetero) is 2. The Morgan fingerprint density at radius 1 is 0.750 bits per heavy atom. The van der Waals surface area contributed by atoms with Crippen molar-refractivity contribution in [2.45, 2.75) is 29.6 Å². The fourth-order valence-electron chi connectivity index (χ4n) is 3.11. The Labute approximate surface area is 145 Å². The molecule has 2 aromatic rings. The zero-order valence-electron chi connectivity index (χ0n) is 13.3. The lowest BCUT2D eigenvalue weighted by molar-refractivity contribution is 0.0971. The van der Waals surface area contributed by atoms with E-state index >= 15 is 0 Å². The van der Waals surface area contributed by atoms with E-state index in [1.807, 2.05) is 24.3 Å². The third kappa shape index (κ3) is 2.55. The van der Waals surface area contributed by atoms with E-state index in [9.17, 15) is 9.59 Å². The van der Waals surface area contributed by atoms with Crippen molar-refractivity contribution in [2.24, 2.45) is 0 Å². The molecule has 3 heteroatoms. The topological polar surface area (TPSA) is 34.1 Å². The van der Waals surface area contributed by atoms with Gasteiger partial charge in [-0.1, -0.05) is 41.6 Å². The lowest BCUT2D eigenvalue weighted by atomic mass is 9.79. The van der Waals surface area contributed by atoms with Crippen molar-refractivity contribution < 1.29 is 9.59 Å². The van der Waals surface area contributed by atoms with Gasteiger partial charge in [-0.3, -0.25) is 9.59 Å². The number of fused-ring (bicyclic) bond motifs is 2. The van der Waals surface area contributed by atoms with Crippen LogP contribution in [0, 0.1) is 6.92 Å². The molecule has 0 radical (unpaired) electrons. The lowest BCUT2D eigenvalue weighted by Crippen LogP contribution is -2.23. The minimum absolute atomic E-state index is 0.0255. The highest BCUT2D eigenvalue weighted by Crippen LogP contribution is 2.36. The van der Waals surface area contributed by atoms with E-state index in [4.69, 9.17) is 0 Å². The Bertz CT molecular complexity index is 917. The first-order valence-corrected chi connectivity index (χ1v) is 8.84. The van der Waals surface area contributed by atoms with Gasteiger partial charge in [-0.15, -0.1) is 0 Å². The molecule has 0 amide bonds. The molecule has 0 unspecified atom stereocenters. The minimum atomic E-state index is -0.0260. The molecule has 118 valence electrons.